The van der Waals surface area contributed by atoms with Crippen LogP contribution in [0.1, 0.15) is 37.8 Å². The first-order chi connectivity index (χ1) is 10.5. The van der Waals surface area contributed by atoms with Gasteiger partial charge in [0.2, 0.25) is 11.8 Å². The molecule has 0 bridgehead atoms. The lowest BCUT2D eigenvalue weighted by Gasteiger charge is -2.27. The number of carbonyl (C=O) groups is 3. The van der Waals surface area contributed by atoms with Crippen LogP contribution in [-0.2, 0) is 19.1 Å². The van der Waals surface area contributed by atoms with Crippen LogP contribution in [0.2, 0.25) is 0 Å². The van der Waals surface area contributed by atoms with E-state index in [9.17, 15) is 14.4 Å². The largest absolute Gasteiger partial charge is 0.469 e. The van der Waals surface area contributed by atoms with E-state index in [2.05, 4.69) is 10.1 Å². The van der Waals surface area contributed by atoms with Crippen molar-refractivity contribution in [3.05, 3.63) is 29.8 Å². The maximum Gasteiger partial charge on any atom is 0.305 e. The van der Waals surface area contributed by atoms with Gasteiger partial charge in [0.15, 0.2) is 0 Å². The first kappa shape index (κ1) is 16.0. The lowest BCUT2D eigenvalue weighted by molar-refractivity contribution is -0.141. The molecule has 0 aliphatic carbocycles. The standard InChI is InChI=1S/C16H20N2O4/c1-11-12-6-3-4-7-13(12)17-14(19)10-18(11)15(20)8-5-9-16(21)22-2/h3-4,6-7,11H,5,8-10H2,1-2H3,(H,17,19). The summed E-state index contributed by atoms with van der Waals surface area (Å²) in [6.07, 6.45) is 0.833. The van der Waals surface area contributed by atoms with Gasteiger partial charge in [0.05, 0.1) is 13.2 Å². The first-order valence-electron chi connectivity index (χ1n) is 7.28. The number of carbonyl (C=O) groups excluding carboxylic acids is 3. The number of esters is 1. The van der Waals surface area contributed by atoms with Crippen molar-refractivity contribution >= 4 is 23.5 Å². The summed E-state index contributed by atoms with van der Waals surface area (Å²) in [7, 11) is 1.32. The van der Waals surface area contributed by atoms with E-state index in [0.717, 1.165) is 11.3 Å². The Hall–Kier alpha value is -2.37. The molecule has 0 saturated carbocycles. The fraction of sp³-hybridized carbons (Fsp3) is 0.438. The third kappa shape index (κ3) is 3.63. The minimum absolute atomic E-state index is 0.0207. The Kier molecular flexibility index (Phi) is 5.14. The van der Waals surface area contributed by atoms with Gasteiger partial charge in [0, 0.05) is 18.5 Å². The molecule has 0 spiro atoms. The number of benzene rings is 1. The molecule has 6 heteroatoms. The summed E-state index contributed by atoms with van der Waals surface area (Å²) in [5, 5.41) is 2.81. The van der Waals surface area contributed by atoms with Crippen LogP contribution in [0.5, 0.6) is 0 Å². The van der Waals surface area contributed by atoms with Crippen molar-refractivity contribution in [2.45, 2.75) is 32.2 Å². The van der Waals surface area contributed by atoms with Gasteiger partial charge in [-0.15, -0.1) is 0 Å². The third-order valence-electron chi connectivity index (χ3n) is 3.79. The van der Waals surface area contributed by atoms with Crippen molar-refractivity contribution in [3.8, 4) is 0 Å². The predicted molar refractivity (Wildman–Crippen MR) is 81.1 cm³/mol. The minimum atomic E-state index is -0.334. The van der Waals surface area contributed by atoms with Gasteiger partial charge >= 0.3 is 5.97 Å². The van der Waals surface area contributed by atoms with Crippen molar-refractivity contribution in [1.29, 1.82) is 0 Å². The molecule has 118 valence electrons. The second-order valence-electron chi connectivity index (χ2n) is 5.26. The average molecular weight is 304 g/mol. The molecular weight excluding hydrogens is 284 g/mol. The molecule has 1 N–H and O–H groups in total. The van der Waals surface area contributed by atoms with Crippen molar-refractivity contribution in [1.82, 2.24) is 4.90 Å². The number of amides is 2. The molecule has 0 radical (unpaired) electrons. The fourth-order valence-corrected chi connectivity index (χ4v) is 2.56. The number of nitrogens with zero attached hydrogens (tertiary/aromatic N) is 1. The Bertz CT molecular complexity index is 585. The smallest absolute Gasteiger partial charge is 0.305 e. The van der Waals surface area contributed by atoms with Crippen molar-refractivity contribution in [2.75, 3.05) is 19.0 Å². The van der Waals surface area contributed by atoms with Gasteiger partial charge in [-0.3, -0.25) is 14.4 Å². The van der Waals surface area contributed by atoms with Gasteiger partial charge in [-0.1, -0.05) is 18.2 Å². The van der Waals surface area contributed by atoms with Gasteiger partial charge in [-0.25, -0.2) is 0 Å². The highest BCUT2D eigenvalue weighted by atomic mass is 16.5. The molecule has 1 aromatic carbocycles. The monoisotopic (exact) mass is 304 g/mol. The maximum absolute atomic E-state index is 12.4. The molecule has 1 aromatic rings. The quantitative estimate of drug-likeness (QED) is 0.862. The van der Waals surface area contributed by atoms with E-state index in [4.69, 9.17) is 0 Å². The SMILES string of the molecule is COC(=O)CCCC(=O)N1CC(=O)Nc2ccccc2C1C. The van der Waals surface area contributed by atoms with Crippen molar-refractivity contribution in [3.63, 3.8) is 0 Å². The first-order valence-corrected chi connectivity index (χ1v) is 7.28. The maximum atomic E-state index is 12.4. The highest BCUT2D eigenvalue weighted by molar-refractivity contribution is 5.96. The molecule has 6 nitrogen and oxygen atoms in total. The van der Waals surface area contributed by atoms with E-state index >= 15 is 0 Å². The van der Waals surface area contributed by atoms with Crippen LogP contribution in [0.25, 0.3) is 0 Å². The summed E-state index contributed by atoms with van der Waals surface area (Å²) in [5.74, 6) is -0.679. The Morgan fingerprint density at radius 3 is 2.77 bits per heavy atom. The summed E-state index contributed by atoms with van der Waals surface area (Å²) in [5.41, 5.74) is 1.65. The molecular formula is C16H20N2O4. The molecule has 0 fully saturated rings. The second-order valence-corrected chi connectivity index (χ2v) is 5.26. The number of hydrogen-bond acceptors (Lipinski definition) is 4. The van der Waals surface area contributed by atoms with E-state index in [1.165, 1.54) is 7.11 Å². The van der Waals surface area contributed by atoms with Gasteiger partial charge in [0.25, 0.3) is 0 Å². The van der Waals surface area contributed by atoms with Crippen LogP contribution < -0.4 is 5.32 Å². The average Bonchev–Trinajstić information content (AvgIpc) is 2.64. The highest BCUT2D eigenvalue weighted by Crippen LogP contribution is 2.30. The van der Waals surface area contributed by atoms with Crippen LogP contribution in [0.15, 0.2) is 24.3 Å². The van der Waals surface area contributed by atoms with Gasteiger partial charge < -0.3 is 15.0 Å². The van der Waals surface area contributed by atoms with E-state index in [0.29, 0.717) is 6.42 Å². The van der Waals surface area contributed by atoms with Crippen LogP contribution in [0.4, 0.5) is 5.69 Å². The fourth-order valence-electron chi connectivity index (χ4n) is 2.56. The Morgan fingerprint density at radius 1 is 1.32 bits per heavy atom. The van der Waals surface area contributed by atoms with Gasteiger partial charge in [-0.05, 0) is 25.0 Å². The summed E-state index contributed by atoms with van der Waals surface area (Å²) in [4.78, 5) is 37.0. The molecule has 1 heterocycles. The Balaban J connectivity index is 2.08. The molecule has 22 heavy (non-hydrogen) atoms. The molecule has 2 rings (SSSR count). The zero-order chi connectivity index (χ0) is 16.1. The zero-order valence-electron chi connectivity index (χ0n) is 12.8. The third-order valence-corrected chi connectivity index (χ3v) is 3.79. The lowest BCUT2D eigenvalue weighted by Crippen LogP contribution is -2.37. The van der Waals surface area contributed by atoms with Crippen LogP contribution in [-0.4, -0.2) is 36.3 Å². The highest BCUT2D eigenvalue weighted by Gasteiger charge is 2.28. The number of rotatable bonds is 4. The van der Waals surface area contributed by atoms with Crippen LogP contribution in [0, 0.1) is 0 Å². The van der Waals surface area contributed by atoms with E-state index in [1.54, 1.807) is 4.90 Å². The number of methoxy groups -OCH3 is 1. The molecule has 1 atom stereocenters. The van der Waals surface area contributed by atoms with Crippen LogP contribution >= 0.6 is 0 Å². The van der Waals surface area contributed by atoms with E-state index in [1.807, 2.05) is 31.2 Å². The van der Waals surface area contributed by atoms with Crippen molar-refractivity contribution in [2.24, 2.45) is 0 Å². The number of hydrogen-bond donors (Lipinski definition) is 1. The number of para-hydroxylation sites is 1. The molecule has 0 saturated heterocycles. The summed E-state index contributed by atoms with van der Waals surface area (Å²) in [6, 6.07) is 7.27. The minimum Gasteiger partial charge on any atom is -0.469 e. The molecule has 1 unspecified atom stereocenters. The van der Waals surface area contributed by atoms with Gasteiger partial charge in [-0.2, -0.15) is 0 Å². The molecule has 1 aliphatic heterocycles. The lowest BCUT2D eigenvalue weighted by atomic mass is 10.0. The second kappa shape index (κ2) is 7.06. The number of fused-ring (bicyclic) bond motifs is 1. The summed E-state index contributed by atoms with van der Waals surface area (Å²) < 4.78 is 4.55. The topological polar surface area (TPSA) is 75.7 Å². The Labute approximate surface area is 129 Å². The Morgan fingerprint density at radius 2 is 2.05 bits per heavy atom. The number of anilines is 1. The summed E-state index contributed by atoms with van der Waals surface area (Å²) in [6.45, 7) is 1.92. The molecule has 0 aromatic heterocycles. The normalized spacial score (nSPS) is 17.3. The van der Waals surface area contributed by atoms with E-state index in [-0.39, 0.29) is 43.2 Å². The van der Waals surface area contributed by atoms with Crippen molar-refractivity contribution < 1.29 is 19.1 Å². The molecule has 2 amide bonds. The number of ether oxygens (including phenoxy) is 1. The van der Waals surface area contributed by atoms with Gasteiger partial charge in [0.1, 0.15) is 6.54 Å². The number of nitrogens with one attached hydrogen (secondary N) is 1. The van der Waals surface area contributed by atoms with E-state index < -0.39 is 0 Å². The predicted octanol–water partition coefficient (Wildman–Crippen LogP) is 1.87. The zero-order valence-corrected chi connectivity index (χ0v) is 12.8. The molecule has 1 aliphatic rings. The summed E-state index contributed by atoms with van der Waals surface area (Å²) >= 11 is 0. The van der Waals surface area contributed by atoms with Crippen LogP contribution in [0.3, 0.4) is 0 Å².